The summed E-state index contributed by atoms with van der Waals surface area (Å²) in [5.41, 5.74) is 0. The number of hydrogen-bond donors (Lipinski definition) is 1. The number of carbonyl (C=O) groups is 1. The third-order valence-corrected chi connectivity index (χ3v) is 2.65. The lowest BCUT2D eigenvalue weighted by Gasteiger charge is -1.85. The van der Waals surface area contributed by atoms with Crippen LogP contribution >= 0.6 is 35.7 Å². The number of hydrogen-bond acceptors (Lipinski definition) is 4. The first-order chi connectivity index (χ1) is 4.74. The van der Waals surface area contributed by atoms with Gasteiger partial charge >= 0.3 is 0 Å². The van der Waals surface area contributed by atoms with E-state index in [1.807, 2.05) is 6.26 Å². The summed E-state index contributed by atoms with van der Waals surface area (Å²) in [6.45, 7) is 0. The molecule has 1 rings (SSSR count). The van der Waals surface area contributed by atoms with Crippen LogP contribution in [0, 0.1) is 0 Å². The first kappa shape index (κ1) is 8.10. The van der Waals surface area contributed by atoms with Crippen LogP contribution in [0.4, 0.5) is 0 Å². The zero-order valence-electron chi connectivity index (χ0n) is 5.21. The third-order valence-electron chi connectivity index (χ3n) is 0.867. The molecular formula is C5H5NOS3. The van der Waals surface area contributed by atoms with E-state index in [9.17, 15) is 4.79 Å². The average Bonchev–Trinajstić information content (AvgIpc) is 2.13. The van der Waals surface area contributed by atoms with Crippen molar-refractivity contribution in [3.05, 3.63) is 10.3 Å². The molecule has 54 valence electrons. The highest BCUT2D eigenvalue weighted by Crippen LogP contribution is 2.24. The molecule has 0 radical (unpaired) electrons. The van der Waals surface area contributed by atoms with Crippen LogP contribution in [-0.4, -0.2) is 16.5 Å². The minimum Gasteiger partial charge on any atom is -0.307 e. The van der Waals surface area contributed by atoms with Gasteiger partial charge in [0.25, 0.3) is 5.91 Å². The van der Waals surface area contributed by atoms with E-state index in [4.69, 9.17) is 12.2 Å². The smallest absolute Gasteiger partial charge is 0.264 e. The monoisotopic (exact) mass is 191 g/mol. The van der Waals surface area contributed by atoms with Gasteiger partial charge in [0.1, 0.15) is 4.32 Å². The zero-order chi connectivity index (χ0) is 7.56. The second-order valence-corrected chi connectivity index (χ2v) is 3.99. The van der Waals surface area contributed by atoms with E-state index >= 15 is 0 Å². The molecule has 0 saturated carbocycles. The largest absolute Gasteiger partial charge is 0.307 e. The fourth-order valence-corrected chi connectivity index (χ4v) is 2.16. The predicted octanol–water partition coefficient (Wildman–Crippen LogP) is 1.34. The fraction of sp³-hybridized carbons (Fsp3) is 0.200. The van der Waals surface area contributed by atoms with Crippen LogP contribution in [-0.2, 0) is 4.79 Å². The van der Waals surface area contributed by atoms with Crippen LogP contribution in [0.15, 0.2) is 10.3 Å². The van der Waals surface area contributed by atoms with Gasteiger partial charge in [-0.1, -0.05) is 24.0 Å². The number of thioether (sulfide) groups is 2. The molecule has 1 aliphatic rings. The Bertz CT molecular complexity index is 211. The van der Waals surface area contributed by atoms with Crippen molar-refractivity contribution < 1.29 is 4.79 Å². The Morgan fingerprint density at radius 3 is 2.90 bits per heavy atom. The molecule has 0 aromatic carbocycles. The van der Waals surface area contributed by atoms with Crippen molar-refractivity contribution in [1.82, 2.24) is 5.32 Å². The first-order valence-corrected chi connectivity index (χ1v) is 5.01. The molecule has 0 spiro atoms. The number of rotatable bonds is 1. The Labute approximate surface area is 72.8 Å². The second-order valence-electron chi connectivity index (χ2n) is 1.56. The van der Waals surface area contributed by atoms with Crippen LogP contribution in [0.25, 0.3) is 0 Å². The third kappa shape index (κ3) is 1.74. The average molecular weight is 191 g/mol. The molecule has 0 unspecified atom stereocenters. The zero-order valence-corrected chi connectivity index (χ0v) is 7.66. The van der Waals surface area contributed by atoms with Crippen molar-refractivity contribution in [3.63, 3.8) is 0 Å². The Morgan fingerprint density at radius 2 is 2.50 bits per heavy atom. The van der Waals surface area contributed by atoms with Crippen molar-refractivity contribution in [2.75, 3.05) is 6.26 Å². The maximum absolute atomic E-state index is 10.9. The molecule has 5 heteroatoms. The molecule has 1 fully saturated rings. The lowest BCUT2D eigenvalue weighted by atomic mass is 10.6. The molecule has 1 N–H and O–H groups in total. The van der Waals surface area contributed by atoms with E-state index in [0.717, 1.165) is 0 Å². The summed E-state index contributed by atoms with van der Waals surface area (Å²) in [5, 5.41) is 4.32. The minimum absolute atomic E-state index is 0.0793. The van der Waals surface area contributed by atoms with Gasteiger partial charge < -0.3 is 5.32 Å². The minimum atomic E-state index is -0.0793. The number of carbonyl (C=O) groups excluding carboxylic acids is 1. The molecule has 1 aliphatic heterocycles. The molecule has 10 heavy (non-hydrogen) atoms. The molecule has 0 bridgehead atoms. The quantitative estimate of drug-likeness (QED) is 0.500. The lowest BCUT2D eigenvalue weighted by Crippen LogP contribution is -2.17. The van der Waals surface area contributed by atoms with Gasteiger partial charge in [-0.2, -0.15) is 0 Å². The number of nitrogens with one attached hydrogen (secondary N) is 1. The van der Waals surface area contributed by atoms with Crippen molar-refractivity contribution in [3.8, 4) is 0 Å². The summed E-state index contributed by atoms with van der Waals surface area (Å²) in [4.78, 5) is 11.6. The van der Waals surface area contributed by atoms with Crippen LogP contribution in [0.3, 0.4) is 0 Å². The molecule has 1 amide bonds. The van der Waals surface area contributed by atoms with Gasteiger partial charge in [-0.15, -0.1) is 11.8 Å². The number of amides is 1. The second kappa shape index (κ2) is 3.41. The van der Waals surface area contributed by atoms with Crippen molar-refractivity contribution in [2.45, 2.75) is 0 Å². The molecule has 1 heterocycles. The molecule has 0 atom stereocenters. The van der Waals surface area contributed by atoms with Gasteiger partial charge in [-0.25, -0.2) is 0 Å². The summed E-state index contributed by atoms with van der Waals surface area (Å²) in [6, 6.07) is 0. The SMILES string of the molecule is CSC=C1SC(=S)NC1=O. The highest BCUT2D eigenvalue weighted by molar-refractivity contribution is 8.27. The van der Waals surface area contributed by atoms with Crippen LogP contribution in [0.1, 0.15) is 0 Å². The maximum atomic E-state index is 10.9. The molecule has 0 aromatic rings. The Kier molecular flexibility index (Phi) is 2.76. The summed E-state index contributed by atoms with van der Waals surface area (Å²) < 4.78 is 0.547. The van der Waals surface area contributed by atoms with Gasteiger partial charge in [-0.05, 0) is 11.7 Å². The lowest BCUT2D eigenvalue weighted by molar-refractivity contribution is -0.115. The first-order valence-electron chi connectivity index (χ1n) is 2.50. The van der Waals surface area contributed by atoms with E-state index in [1.165, 1.54) is 23.5 Å². The molecule has 2 nitrogen and oxygen atoms in total. The summed E-state index contributed by atoms with van der Waals surface area (Å²) in [7, 11) is 0. The highest BCUT2D eigenvalue weighted by atomic mass is 32.2. The van der Waals surface area contributed by atoms with Crippen molar-refractivity contribution >= 4 is 46.0 Å². The Hall–Kier alpha value is -0.000000000000000111. The maximum Gasteiger partial charge on any atom is 0.264 e. The van der Waals surface area contributed by atoms with Crippen molar-refractivity contribution in [2.24, 2.45) is 0 Å². The van der Waals surface area contributed by atoms with E-state index in [-0.39, 0.29) is 5.91 Å². The van der Waals surface area contributed by atoms with E-state index in [1.54, 1.807) is 5.41 Å². The van der Waals surface area contributed by atoms with Crippen LogP contribution < -0.4 is 5.32 Å². The molecular weight excluding hydrogens is 186 g/mol. The van der Waals surface area contributed by atoms with Crippen LogP contribution in [0.2, 0.25) is 0 Å². The molecule has 0 aliphatic carbocycles. The Balaban J connectivity index is 2.72. The Morgan fingerprint density at radius 1 is 1.80 bits per heavy atom. The van der Waals surface area contributed by atoms with E-state index in [2.05, 4.69) is 5.32 Å². The normalized spacial score (nSPS) is 21.9. The molecule has 1 saturated heterocycles. The van der Waals surface area contributed by atoms with Gasteiger partial charge in [0, 0.05) is 0 Å². The topological polar surface area (TPSA) is 29.1 Å². The van der Waals surface area contributed by atoms with Crippen LogP contribution in [0.5, 0.6) is 0 Å². The standard InChI is InChI=1S/C5H5NOS3/c1-9-2-3-4(7)6-5(8)10-3/h2H,1H3,(H,6,7,8). The van der Waals surface area contributed by atoms with Gasteiger partial charge in [0.15, 0.2) is 0 Å². The van der Waals surface area contributed by atoms with Gasteiger partial charge in [-0.3, -0.25) is 4.79 Å². The molecule has 0 aromatic heterocycles. The van der Waals surface area contributed by atoms with E-state index in [0.29, 0.717) is 9.23 Å². The summed E-state index contributed by atoms with van der Waals surface area (Å²) in [6.07, 6.45) is 1.90. The highest BCUT2D eigenvalue weighted by Gasteiger charge is 2.21. The van der Waals surface area contributed by atoms with Gasteiger partial charge in [0.05, 0.1) is 4.91 Å². The predicted molar refractivity (Wildman–Crippen MR) is 49.9 cm³/mol. The summed E-state index contributed by atoms with van der Waals surface area (Å²) in [5.74, 6) is -0.0793. The number of thiocarbonyl (C=S) groups is 1. The summed E-state index contributed by atoms with van der Waals surface area (Å²) >= 11 is 7.58. The fourth-order valence-electron chi connectivity index (χ4n) is 0.511. The van der Waals surface area contributed by atoms with Gasteiger partial charge in [0.2, 0.25) is 0 Å². The van der Waals surface area contributed by atoms with E-state index < -0.39 is 0 Å². The van der Waals surface area contributed by atoms with Crippen molar-refractivity contribution in [1.29, 1.82) is 0 Å².